The zero-order valence-electron chi connectivity index (χ0n) is 11.6. The Morgan fingerprint density at radius 3 is 2.76 bits per heavy atom. The van der Waals surface area contributed by atoms with E-state index in [2.05, 4.69) is 31.1 Å². The SMILES string of the molecule is Nc1n[nH]c(C(=O)N2CCN(Cc3cccnc3)CC2)n1. The summed E-state index contributed by atoms with van der Waals surface area (Å²) in [5, 5.41) is 6.23. The molecule has 0 atom stereocenters. The summed E-state index contributed by atoms with van der Waals surface area (Å²) in [6.45, 7) is 3.83. The molecule has 0 bridgehead atoms. The Hall–Kier alpha value is -2.48. The van der Waals surface area contributed by atoms with E-state index in [9.17, 15) is 4.79 Å². The predicted octanol–water partition coefficient (Wildman–Crippen LogP) is -0.260. The Balaban J connectivity index is 1.54. The molecule has 1 fully saturated rings. The van der Waals surface area contributed by atoms with Crippen molar-refractivity contribution in [2.75, 3.05) is 31.9 Å². The number of carbonyl (C=O) groups is 1. The molecule has 0 aliphatic carbocycles. The van der Waals surface area contributed by atoms with Crippen LogP contribution >= 0.6 is 0 Å². The van der Waals surface area contributed by atoms with Crippen LogP contribution in [0.3, 0.4) is 0 Å². The van der Waals surface area contributed by atoms with Crippen LogP contribution in [0.4, 0.5) is 5.95 Å². The molecule has 1 aliphatic rings. The van der Waals surface area contributed by atoms with Crippen molar-refractivity contribution in [1.82, 2.24) is 30.0 Å². The van der Waals surface area contributed by atoms with Gasteiger partial charge in [0.05, 0.1) is 0 Å². The van der Waals surface area contributed by atoms with Gasteiger partial charge in [-0.05, 0) is 11.6 Å². The normalized spacial score (nSPS) is 16.1. The maximum atomic E-state index is 12.2. The van der Waals surface area contributed by atoms with Gasteiger partial charge in [-0.3, -0.25) is 19.8 Å². The number of H-pyrrole nitrogens is 1. The maximum absolute atomic E-state index is 12.2. The summed E-state index contributed by atoms with van der Waals surface area (Å²) in [7, 11) is 0. The van der Waals surface area contributed by atoms with Gasteiger partial charge in [-0.15, -0.1) is 5.10 Å². The highest BCUT2D eigenvalue weighted by atomic mass is 16.2. The van der Waals surface area contributed by atoms with E-state index < -0.39 is 0 Å². The van der Waals surface area contributed by atoms with E-state index in [1.165, 1.54) is 5.56 Å². The van der Waals surface area contributed by atoms with Crippen LogP contribution in [-0.2, 0) is 6.54 Å². The molecule has 0 radical (unpaired) electrons. The van der Waals surface area contributed by atoms with Crippen LogP contribution in [0.1, 0.15) is 16.2 Å². The molecule has 1 saturated heterocycles. The van der Waals surface area contributed by atoms with Crippen LogP contribution < -0.4 is 5.73 Å². The predicted molar refractivity (Wildman–Crippen MR) is 76.2 cm³/mol. The largest absolute Gasteiger partial charge is 0.366 e. The van der Waals surface area contributed by atoms with Crippen molar-refractivity contribution in [2.24, 2.45) is 0 Å². The van der Waals surface area contributed by atoms with Gasteiger partial charge in [-0.25, -0.2) is 0 Å². The zero-order chi connectivity index (χ0) is 14.7. The molecule has 8 nitrogen and oxygen atoms in total. The molecule has 21 heavy (non-hydrogen) atoms. The number of hydrogen-bond donors (Lipinski definition) is 2. The number of carbonyl (C=O) groups excluding carboxylic acids is 1. The Morgan fingerprint density at radius 1 is 1.33 bits per heavy atom. The Bertz CT molecular complexity index is 604. The zero-order valence-corrected chi connectivity index (χ0v) is 11.6. The Morgan fingerprint density at radius 2 is 2.14 bits per heavy atom. The molecule has 8 heteroatoms. The third kappa shape index (κ3) is 3.16. The highest BCUT2D eigenvalue weighted by Crippen LogP contribution is 2.09. The number of nitrogen functional groups attached to an aromatic ring is 1. The molecule has 0 saturated carbocycles. The molecule has 0 aromatic carbocycles. The van der Waals surface area contributed by atoms with Crippen LogP contribution in [-0.4, -0.2) is 62.1 Å². The van der Waals surface area contributed by atoms with Crippen molar-refractivity contribution < 1.29 is 4.79 Å². The molecule has 1 amide bonds. The second kappa shape index (κ2) is 5.88. The number of aromatic amines is 1. The van der Waals surface area contributed by atoms with Crippen molar-refractivity contribution in [2.45, 2.75) is 6.54 Å². The fourth-order valence-electron chi connectivity index (χ4n) is 2.38. The van der Waals surface area contributed by atoms with Crippen molar-refractivity contribution in [3.05, 3.63) is 35.9 Å². The van der Waals surface area contributed by atoms with Gasteiger partial charge in [-0.2, -0.15) is 4.98 Å². The van der Waals surface area contributed by atoms with Crippen molar-refractivity contribution in [3.63, 3.8) is 0 Å². The maximum Gasteiger partial charge on any atom is 0.291 e. The lowest BCUT2D eigenvalue weighted by Crippen LogP contribution is -2.48. The fourth-order valence-corrected chi connectivity index (χ4v) is 2.38. The van der Waals surface area contributed by atoms with E-state index >= 15 is 0 Å². The minimum Gasteiger partial charge on any atom is -0.366 e. The molecule has 3 heterocycles. The molecule has 2 aromatic heterocycles. The summed E-state index contributed by atoms with van der Waals surface area (Å²) in [6, 6.07) is 3.99. The average molecular weight is 287 g/mol. The number of nitrogens with zero attached hydrogens (tertiary/aromatic N) is 5. The van der Waals surface area contributed by atoms with Gasteiger partial charge in [0.1, 0.15) is 0 Å². The Kier molecular flexibility index (Phi) is 3.78. The second-order valence-electron chi connectivity index (χ2n) is 4.97. The van der Waals surface area contributed by atoms with Gasteiger partial charge in [0.25, 0.3) is 5.91 Å². The average Bonchev–Trinajstić information content (AvgIpc) is 2.95. The number of rotatable bonds is 3. The van der Waals surface area contributed by atoms with E-state index in [1.54, 1.807) is 11.1 Å². The van der Waals surface area contributed by atoms with Gasteiger partial charge in [0.2, 0.25) is 11.8 Å². The number of anilines is 1. The van der Waals surface area contributed by atoms with Crippen LogP contribution in [0, 0.1) is 0 Å². The first-order chi connectivity index (χ1) is 10.2. The van der Waals surface area contributed by atoms with Crippen LogP contribution in [0.15, 0.2) is 24.5 Å². The van der Waals surface area contributed by atoms with Gasteiger partial charge in [0, 0.05) is 45.1 Å². The summed E-state index contributed by atoms with van der Waals surface area (Å²) in [5.41, 5.74) is 6.60. The highest BCUT2D eigenvalue weighted by molar-refractivity contribution is 5.90. The lowest BCUT2D eigenvalue weighted by Gasteiger charge is -2.34. The lowest BCUT2D eigenvalue weighted by atomic mass is 10.2. The Labute approximate surface area is 122 Å². The van der Waals surface area contributed by atoms with Gasteiger partial charge < -0.3 is 10.6 Å². The van der Waals surface area contributed by atoms with E-state index in [0.29, 0.717) is 13.1 Å². The number of piperazine rings is 1. The number of nitrogens with two attached hydrogens (primary N) is 1. The number of amides is 1. The summed E-state index contributed by atoms with van der Waals surface area (Å²) >= 11 is 0. The highest BCUT2D eigenvalue weighted by Gasteiger charge is 2.24. The van der Waals surface area contributed by atoms with Crippen LogP contribution in [0.5, 0.6) is 0 Å². The lowest BCUT2D eigenvalue weighted by molar-refractivity contribution is 0.0617. The first kappa shape index (κ1) is 13.5. The van der Waals surface area contributed by atoms with Crippen molar-refractivity contribution in [3.8, 4) is 0 Å². The molecule has 3 rings (SSSR count). The van der Waals surface area contributed by atoms with Crippen molar-refractivity contribution >= 4 is 11.9 Å². The molecule has 3 N–H and O–H groups in total. The van der Waals surface area contributed by atoms with Gasteiger partial charge >= 0.3 is 0 Å². The standard InChI is InChI=1S/C13H17N7O/c14-13-16-11(17-18-13)12(21)20-6-4-19(5-7-20)9-10-2-1-3-15-8-10/h1-3,8H,4-7,9H2,(H3,14,16,17,18). The molecule has 2 aromatic rings. The second-order valence-corrected chi connectivity index (χ2v) is 4.97. The first-order valence-electron chi connectivity index (χ1n) is 6.81. The van der Waals surface area contributed by atoms with Crippen LogP contribution in [0.25, 0.3) is 0 Å². The summed E-state index contributed by atoms with van der Waals surface area (Å²) in [5.74, 6) is 0.141. The monoisotopic (exact) mass is 287 g/mol. The van der Waals surface area contributed by atoms with E-state index in [-0.39, 0.29) is 17.7 Å². The van der Waals surface area contributed by atoms with Crippen molar-refractivity contribution in [1.29, 1.82) is 0 Å². The number of pyridine rings is 1. The molecule has 110 valence electrons. The third-order valence-electron chi connectivity index (χ3n) is 3.49. The molecule has 1 aliphatic heterocycles. The van der Waals surface area contributed by atoms with Gasteiger partial charge in [-0.1, -0.05) is 6.07 Å². The topological polar surface area (TPSA) is 104 Å². The van der Waals surface area contributed by atoms with E-state index in [0.717, 1.165) is 19.6 Å². The minimum atomic E-state index is -0.153. The molecule has 0 unspecified atom stereocenters. The smallest absolute Gasteiger partial charge is 0.291 e. The number of hydrogen-bond acceptors (Lipinski definition) is 6. The molecular formula is C13H17N7O. The first-order valence-corrected chi connectivity index (χ1v) is 6.81. The molecule has 0 spiro atoms. The number of nitrogens with one attached hydrogen (secondary N) is 1. The van der Waals surface area contributed by atoms with Gasteiger partial charge in [0.15, 0.2) is 0 Å². The van der Waals surface area contributed by atoms with Crippen LogP contribution in [0.2, 0.25) is 0 Å². The molecular weight excluding hydrogens is 270 g/mol. The van der Waals surface area contributed by atoms with E-state index in [1.807, 2.05) is 12.3 Å². The summed E-state index contributed by atoms with van der Waals surface area (Å²) in [4.78, 5) is 24.2. The minimum absolute atomic E-state index is 0.0913. The van der Waals surface area contributed by atoms with E-state index in [4.69, 9.17) is 5.73 Å². The number of aromatic nitrogens is 4. The quantitative estimate of drug-likeness (QED) is 0.806. The third-order valence-corrected chi connectivity index (χ3v) is 3.49. The summed E-state index contributed by atoms with van der Waals surface area (Å²) < 4.78 is 0. The summed E-state index contributed by atoms with van der Waals surface area (Å²) in [6.07, 6.45) is 3.64. The fraction of sp³-hybridized carbons (Fsp3) is 0.385.